The fraction of sp³-hybridized carbons (Fsp3) is 0.357. The molecule has 2 nitrogen and oxygen atoms in total. The van der Waals surface area contributed by atoms with E-state index in [1.807, 2.05) is 12.1 Å². The Kier molecular flexibility index (Phi) is 7.30. The summed E-state index contributed by atoms with van der Waals surface area (Å²) in [4.78, 5) is 2.60. The molecule has 0 aliphatic carbocycles. The molecular formula is C28H31ClFNO. The predicted octanol–water partition coefficient (Wildman–Crippen LogP) is 6.33. The van der Waals surface area contributed by atoms with Crippen molar-refractivity contribution < 1.29 is 9.13 Å². The van der Waals surface area contributed by atoms with Gasteiger partial charge in [0.05, 0.1) is 13.2 Å². The smallest absolute Gasteiger partial charge is 0.123 e. The molecule has 0 amide bonds. The van der Waals surface area contributed by atoms with Crippen LogP contribution in [0.15, 0.2) is 78.9 Å². The van der Waals surface area contributed by atoms with Gasteiger partial charge >= 0.3 is 0 Å². The quantitative estimate of drug-likeness (QED) is 0.449. The van der Waals surface area contributed by atoms with Crippen molar-refractivity contribution in [2.24, 2.45) is 0 Å². The van der Waals surface area contributed by atoms with Gasteiger partial charge in [0.2, 0.25) is 0 Å². The molecule has 3 aromatic rings. The monoisotopic (exact) mass is 451 g/mol. The highest BCUT2D eigenvalue weighted by Crippen LogP contribution is 2.41. The third kappa shape index (κ3) is 4.61. The van der Waals surface area contributed by atoms with Gasteiger partial charge < -0.3 is 9.64 Å². The molecule has 0 spiro atoms. The Morgan fingerprint density at radius 1 is 0.875 bits per heavy atom. The van der Waals surface area contributed by atoms with E-state index in [4.69, 9.17) is 4.74 Å². The van der Waals surface area contributed by atoms with Crippen molar-refractivity contribution in [1.82, 2.24) is 4.90 Å². The van der Waals surface area contributed by atoms with Gasteiger partial charge in [0, 0.05) is 5.41 Å². The molecule has 1 unspecified atom stereocenters. The van der Waals surface area contributed by atoms with E-state index in [1.165, 1.54) is 22.3 Å². The molecule has 2 aliphatic heterocycles. The maximum absolute atomic E-state index is 13.3. The van der Waals surface area contributed by atoms with E-state index in [0.29, 0.717) is 12.5 Å². The van der Waals surface area contributed by atoms with Crippen molar-refractivity contribution in [1.29, 1.82) is 0 Å². The second-order valence-corrected chi connectivity index (χ2v) is 9.02. The first-order valence-electron chi connectivity index (χ1n) is 11.4. The highest BCUT2D eigenvalue weighted by Gasteiger charge is 2.39. The molecule has 168 valence electrons. The van der Waals surface area contributed by atoms with E-state index in [0.717, 1.165) is 45.5 Å². The van der Waals surface area contributed by atoms with E-state index < -0.39 is 0 Å². The summed E-state index contributed by atoms with van der Waals surface area (Å²) in [5.74, 6) is 0.390. The molecule has 1 saturated heterocycles. The van der Waals surface area contributed by atoms with E-state index >= 15 is 0 Å². The average molecular weight is 452 g/mol. The highest BCUT2D eigenvalue weighted by atomic mass is 35.5. The van der Waals surface area contributed by atoms with Crippen molar-refractivity contribution in [3.63, 3.8) is 0 Å². The van der Waals surface area contributed by atoms with Crippen LogP contribution in [0.25, 0.3) is 0 Å². The van der Waals surface area contributed by atoms with Crippen LogP contribution in [0.3, 0.4) is 0 Å². The van der Waals surface area contributed by atoms with Crippen molar-refractivity contribution >= 4 is 12.4 Å². The van der Waals surface area contributed by atoms with Crippen molar-refractivity contribution in [3.8, 4) is 0 Å². The predicted molar refractivity (Wildman–Crippen MR) is 130 cm³/mol. The number of benzene rings is 3. The second-order valence-electron chi connectivity index (χ2n) is 9.02. The van der Waals surface area contributed by atoms with Gasteiger partial charge in [0.25, 0.3) is 0 Å². The lowest BCUT2D eigenvalue weighted by atomic mass is 9.70. The third-order valence-electron chi connectivity index (χ3n) is 7.25. The summed E-state index contributed by atoms with van der Waals surface area (Å²) in [5, 5.41) is 0. The van der Waals surface area contributed by atoms with Gasteiger partial charge in [-0.1, -0.05) is 66.7 Å². The molecule has 0 saturated carbocycles. The van der Waals surface area contributed by atoms with E-state index in [9.17, 15) is 4.39 Å². The lowest BCUT2D eigenvalue weighted by Crippen LogP contribution is -2.42. The molecule has 0 bridgehead atoms. The minimum atomic E-state index is -0.151. The molecule has 0 aromatic heterocycles. The van der Waals surface area contributed by atoms with Crippen LogP contribution < -0.4 is 0 Å². The summed E-state index contributed by atoms with van der Waals surface area (Å²) in [6.45, 7) is 4.68. The summed E-state index contributed by atoms with van der Waals surface area (Å²) in [6, 6.07) is 26.8. The highest BCUT2D eigenvalue weighted by molar-refractivity contribution is 5.85. The summed E-state index contributed by atoms with van der Waals surface area (Å²) >= 11 is 0. The van der Waals surface area contributed by atoms with Crippen LogP contribution in [0.1, 0.15) is 47.4 Å². The Balaban J connectivity index is 0.00000245. The fourth-order valence-corrected chi connectivity index (χ4v) is 5.45. The van der Waals surface area contributed by atoms with Crippen LogP contribution >= 0.6 is 12.4 Å². The zero-order valence-electron chi connectivity index (χ0n) is 18.4. The Morgan fingerprint density at radius 2 is 1.56 bits per heavy atom. The van der Waals surface area contributed by atoms with E-state index in [2.05, 4.69) is 59.5 Å². The Labute approximate surface area is 196 Å². The summed E-state index contributed by atoms with van der Waals surface area (Å²) < 4.78 is 19.4. The number of hydrogen-bond donors (Lipinski definition) is 0. The molecule has 3 aromatic carbocycles. The molecule has 1 atom stereocenters. The first-order valence-corrected chi connectivity index (χ1v) is 11.4. The van der Waals surface area contributed by atoms with Gasteiger partial charge in [0.1, 0.15) is 5.82 Å². The second kappa shape index (κ2) is 10.2. The maximum Gasteiger partial charge on any atom is 0.123 e. The molecule has 32 heavy (non-hydrogen) atoms. The lowest BCUT2D eigenvalue weighted by molar-refractivity contribution is 0.0561. The lowest BCUT2D eigenvalue weighted by Gasteiger charge is -2.42. The standard InChI is InChI=1S/C28H30FNO.ClH/c29-26-12-10-22(11-13-26)23-14-17-30(18-15-23)19-16-28(25-7-2-1-3-8-25)21-31-20-24-6-4-5-9-27(24)28;/h1-13,23H,14-21H2;1H. The van der Waals surface area contributed by atoms with Gasteiger partial charge in [-0.15, -0.1) is 12.4 Å². The summed E-state index contributed by atoms with van der Waals surface area (Å²) in [7, 11) is 0. The van der Waals surface area contributed by atoms with E-state index in [-0.39, 0.29) is 23.6 Å². The van der Waals surface area contributed by atoms with Crippen LogP contribution in [0.5, 0.6) is 0 Å². The third-order valence-corrected chi connectivity index (χ3v) is 7.25. The largest absolute Gasteiger partial charge is 0.375 e. The molecule has 5 rings (SSSR count). The molecule has 2 heterocycles. The average Bonchev–Trinajstić information content (AvgIpc) is 2.84. The molecule has 4 heteroatoms. The van der Waals surface area contributed by atoms with Crippen LogP contribution in [-0.2, 0) is 16.8 Å². The maximum atomic E-state index is 13.3. The number of likely N-dealkylation sites (tertiary alicyclic amines) is 1. The molecule has 2 aliphatic rings. The first kappa shape index (κ1) is 23.0. The minimum absolute atomic E-state index is 0. The SMILES string of the molecule is Cl.Fc1ccc(C2CCN(CCC3(c4ccccc4)COCc4ccccc43)CC2)cc1. The van der Waals surface area contributed by atoms with Crippen molar-refractivity contribution in [3.05, 3.63) is 107 Å². The van der Waals surface area contributed by atoms with E-state index in [1.54, 1.807) is 12.1 Å². The number of fused-ring (bicyclic) bond motifs is 1. The van der Waals surface area contributed by atoms with Gasteiger partial charge in [-0.05, 0) is 79.2 Å². The zero-order chi connectivity index (χ0) is 21.1. The molecule has 0 N–H and O–H groups in total. The molecular weight excluding hydrogens is 421 g/mol. The topological polar surface area (TPSA) is 12.5 Å². The normalized spacial score (nSPS) is 21.5. The number of hydrogen-bond acceptors (Lipinski definition) is 2. The molecule has 0 radical (unpaired) electrons. The van der Waals surface area contributed by atoms with Crippen molar-refractivity contribution in [2.45, 2.75) is 37.2 Å². The first-order chi connectivity index (χ1) is 15.2. The minimum Gasteiger partial charge on any atom is -0.375 e. The Morgan fingerprint density at radius 3 is 2.31 bits per heavy atom. The molecule has 1 fully saturated rings. The number of halogens is 2. The van der Waals surface area contributed by atoms with Gasteiger partial charge in [-0.3, -0.25) is 0 Å². The van der Waals surface area contributed by atoms with Gasteiger partial charge in [-0.2, -0.15) is 0 Å². The number of ether oxygens (including phenoxy) is 1. The zero-order valence-corrected chi connectivity index (χ0v) is 19.2. The fourth-order valence-electron chi connectivity index (χ4n) is 5.45. The van der Waals surface area contributed by atoms with Gasteiger partial charge in [-0.25, -0.2) is 4.39 Å². The number of piperidine rings is 1. The number of nitrogens with zero attached hydrogens (tertiary/aromatic N) is 1. The Hall–Kier alpha value is -2.20. The Bertz CT molecular complexity index is 1000. The van der Waals surface area contributed by atoms with Crippen LogP contribution in [0.4, 0.5) is 4.39 Å². The summed E-state index contributed by atoms with van der Waals surface area (Å²) in [6.07, 6.45) is 3.32. The van der Waals surface area contributed by atoms with Crippen LogP contribution in [0, 0.1) is 5.82 Å². The summed E-state index contributed by atoms with van der Waals surface area (Å²) in [5.41, 5.74) is 5.27. The van der Waals surface area contributed by atoms with Crippen LogP contribution in [-0.4, -0.2) is 31.1 Å². The van der Waals surface area contributed by atoms with Gasteiger partial charge in [0.15, 0.2) is 0 Å². The van der Waals surface area contributed by atoms with Crippen molar-refractivity contribution in [2.75, 3.05) is 26.2 Å². The number of rotatable bonds is 5. The van der Waals surface area contributed by atoms with Crippen LogP contribution in [0.2, 0.25) is 0 Å².